The summed E-state index contributed by atoms with van der Waals surface area (Å²) >= 11 is 0. The van der Waals surface area contributed by atoms with Crippen LogP contribution in [0.2, 0.25) is 0 Å². The molecule has 30 heavy (non-hydrogen) atoms. The van der Waals surface area contributed by atoms with Crippen molar-refractivity contribution in [1.82, 2.24) is 14.8 Å². The Morgan fingerprint density at radius 2 is 1.60 bits per heavy atom. The van der Waals surface area contributed by atoms with Gasteiger partial charge in [-0.25, -0.2) is 4.68 Å². The molecule has 0 aliphatic heterocycles. The van der Waals surface area contributed by atoms with E-state index in [0.717, 1.165) is 44.5 Å². The summed E-state index contributed by atoms with van der Waals surface area (Å²) in [7, 11) is 1.68. The standard InChI is InChI=1S/C26H23N3O/c1-16-5-12-24-22(13-16)26-23(15-27-24)25(19-7-6-17(2)18(3)14-19)28-29(26)20-8-10-21(30-4)11-9-20/h5-15H,1-4H3. The summed E-state index contributed by atoms with van der Waals surface area (Å²) in [6.45, 7) is 6.38. The number of fused-ring (bicyclic) bond motifs is 3. The summed E-state index contributed by atoms with van der Waals surface area (Å²) in [4.78, 5) is 4.74. The Bertz CT molecular complexity index is 1400. The quantitative estimate of drug-likeness (QED) is 0.368. The molecule has 4 heteroatoms. The van der Waals surface area contributed by atoms with Crippen molar-refractivity contribution in [2.24, 2.45) is 0 Å². The fourth-order valence-corrected chi connectivity index (χ4v) is 3.91. The average molecular weight is 393 g/mol. The lowest BCUT2D eigenvalue weighted by molar-refractivity contribution is 0.414. The van der Waals surface area contributed by atoms with E-state index in [4.69, 9.17) is 14.8 Å². The molecule has 0 atom stereocenters. The maximum absolute atomic E-state index is 5.34. The van der Waals surface area contributed by atoms with Crippen molar-refractivity contribution >= 4 is 21.8 Å². The molecule has 5 aromatic rings. The van der Waals surface area contributed by atoms with Crippen LogP contribution in [0.3, 0.4) is 0 Å². The first-order valence-corrected chi connectivity index (χ1v) is 10.1. The zero-order valence-electron chi connectivity index (χ0n) is 17.6. The summed E-state index contributed by atoms with van der Waals surface area (Å²) < 4.78 is 7.37. The summed E-state index contributed by atoms with van der Waals surface area (Å²) in [6, 6.07) is 20.9. The lowest BCUT2D eigenvalue weighted by Gasteiger charge is -2.07. The number of ether oxygens (including phenoxy) is 1. The van der Waals surface area contributed by atoms with Crippen molar-refractivity contribution in [2.75, 3.05) is 7.11 Å². The topological polar surface area (TPSA) is 39.9 Å². The van der Waals surface area contributed by atoms with Crippen LogP contribution in [-0.2, 0) is 0 Å². The number of aryl methyl sites for hydroxylation is 3. The van der Waals surface area contributed by atoms with Crippen molar-refractivity contribution in [1.29, 1.82) is 0 Å². The van der Waals surface area contributed by atoms with E-state index in [1.165, 1.54) is 16.7 Å². The van der Waals surface area contributed by atoms with Crippen LogP contribution in [0.1, 0.15) is 16.7 Å². The first-order valence-electron chi connectivity index (χ1n) is 10.1. The van der Waals surface area contributed by atoms with Crippen LogP contribution in [0, 0.1) is 20.8 Å². The molecule has 0 bridgehead atoms. The molecule has 0 spiro atoms. The minimum Gasteiger partial charge on any atom is -0.497 e. The van der Waals surface area contributed by atoms with Crippen LogP contribution in [-0.4, -0.2) is 21.9 Å². The Morgan fingerprint density at radius 1 is 0.800 bits per heavy atom. The second kappa shape index (κ2) is 6.99. The van der Waals surface area contributed by atoms with Gasteiger partial charge in [0.15, 0.2) is 0 Å². The molecule has 0 fully saturated rings. The molecule has 2 heterocycles. The van der Waals surface area contributed by atoms with Crippen molar-refractivity contribution in [2.45, 2.75) is 20.8 Å². The number of aromatic nitrogens is 3. The molecule has 2 aromatic heterocycles. The Morgan fingerprint density at radius 3 is 2.33 bits per heavy atom. The van der Waals surface area contributed by atoms with Gasteiger partial charge in [-0.3, -0.25) is 4.98 Å². The third-order valence-electron chi connectivity index (χ3n) is 5.76. The highest BCUT2D eigenvalue weighted by Gasteiger charge is 2.17. The molecule has 5 rings (SSSR count). The third-order valence-corrected chi connectivity index (χ3v) is 5.76. The summed E-state index contributed by atoms with van der Waals surface area (Å²) in [5, 5.41) is 7.22. The van der Waals surface area contributed by atoms with Gasteiger partial charge in [0.2, 0.25) is 0 Å². The fraction of sp³-hybridized carbons (Fsp3) is 0.154. The van der Waals surface area contributed by atoms with Crippen molar-refractivity contribution in [3.8, 4) is 22.7 Å². The lowest BCUT2D eigenvalue weighted by atomic mass is 10.0. The van der Waals surface area contributed by atoms with E-state index in [9.17, 15) is 0 Å². The molecule has 0 amide bonds. The van der Waals surface area contributed by atoms with Crippen LogP contribution in [0.25, 0.3) is 38.8 Å². The summed E-state index contributed by atoms with van der Waals surface area (Å²) in [6.07, 6.45) is 1.95. The largest absolute Gasteiger partial charge is 0.497 e. The van der Waals surface area contributed by atoms with Crippen LogP contribution in [0.4, 0.5) is 0 Å². The number of hydrogen-bond donors (Lipinski definition) is 0. The van der Waals surface area contributed by atoms with Gasteiger partial charge >= 0.3 is 0 Å². The fourth-order valence-electron chi connectivity index (χ4n) is 3.91. The van der Waals surface area contributed by atoms with Gasteiger partial charge in [0.1, 0.15) is 11.4 Å². The van der Waals surface area contributed by atoms with Gasteiger partial charge < -0.3 is 4.74 Å². The Hall–Kier alpha value is -3.66. The molecular formula is C26H23N3O. The van der Waals surface area contributed by atoms with E-state index >= 15 is 0 Å². The van der Waals surface area contributed by atoms with Gasteiger partial charge in [0.05, 0.1) is 23.8 Å². The highest BCUT2D eigenvalue weighted by molar-refractivity contribution is 6.09. The summed E-state index contributed by atoms with van der Waals surface area (Å²) in [5.41, 5.74) is 8.80. The molecule has 148 valence electrons. The van der Waals surface area contributed by atoms with Gasteiger partial charge in [-0.2, -0.15) is 5.10 Å². The first-order chi connectivity index (χ1) is 14.5. The van der Waals surface area contributed by atoms with Gasteiger partial charge in [-0.15, -0.1) is 0 Å². The number of rotatable bonds is 3. The molecule has 0 saturated carbocycles. The number of methoxy groups -OCH3 is 1. The van der Waals surface area contributed by atoms with E-state index in [1.807, 2.05) is 35.1 Å². The molecule has 0 N–H and O–H groups in total. The third kappa shape index (κ3) is 2.92. The molecule has 0 aliphatic carbocycles. The molecule has 0 saturated heterocycles. The van der Waals surface area contributed by atoms with Crippen LogP contribution < -0.4 is 4.74 Å². The SMILES string of the molecule is COc1ccc(-n2nc(-c3ccc(C)c(C)c3)c3cnc4ccc(C)cc4c32)cc1. The number of pyridine rings is 1. The lowest BCUT2D eigenvalue weighted by Crippen LogP contribution is -1.97. The number of nitrogens with zero attached hydrogens (tertiary/aromatic N) is 3. The monoisotopic (exact) mass is 393 g/mol. The van der Waals surface area contributed by atoms with E-state index in [1.54, 1.807) is 7.11 Å². The highest BCUT2D eigenvalue weighted by Crippen LogP contribution is 2.34. The zero-order valence-corrected chi connectivity index (χ0v) is 17.6. The van der Waals surface area contributed by atoms with E-state index in [2.05, 4.69) is 57.2 Å². The minimum atomic E-state index is 0.826. The first kappa shape index (κ1) is 18.4. The maximum atomic E-state index is 5.34. The molecule has 4 nitrogen and oxygen atoms in total. The second-order valence-corrected chi connectivity index (χ2v) is 7.80. The van der Waals surface area contributed by atoms with Crippen molar-refractivity contribution in [3.05, 3.63) is 83.6 Å². The normalized spacial score (nSPS) is 11.3. The maximum Gasteiger partial charge on any atom is 0.119 e. The summed E-state index contributed by atoms with van der Waals surface area (Å²) in [5.74, 6) is 0.826. The van der Waals surface area contributed by atoms with Gasteiger partial charge in [0, 0.05) is 22.5 Å². The second-order valence-electron chi connectivity index (χ2n) is 7.80. The predicted molar refractivity (Wildman–Crippen MR) is 123 cm³/mol. The van der Waals surface area contributed by atoms with Gasteiger partial charge in [-0.1, -0.05) is 23.8 Å². The van der Waals surface area contributed by atoms with E-state index < -0.39 is 0 Å². The Balaban J connectivity index is 1.86. The van der Waals surface area contributed by atoms with E-state index in [-0.39, 0.29) is 0 Å². The molecule has 0 aliphatic rings. The number of benzene rings is 3. The van der Waals surface area contributed by atoms with Crippen molar-refractivity contribution in [3.63, 3.8) is 0 Å². The highest BCUT2D eigenvalue weighted by atomic mass is 16.5. The molecule has 0 unspecified atom stereocenters. The molecule has 3 aromatic carbocycles. The minimum absolute atomic E-state index is 0.826. The van der Waals surface area contributed by atoms with Gasteiger partial charge in [-0.05, 0) is 74.4 Å². The Kier molecular flexibility index (Phi) is 4.28. The van der Waals surface area contributed by atoms with Crippen molar-refractivity contribution < 1.29 is 4.74 Å². The van der Waals surface area contributed by atoms with Crippen LogP contribution >= 0.6 is 0 Å². The van der Waals surface area contributed by atoms with Gasteiger partial charge in [0.25, 0.3) is 0 Å². The zero-order chi connectivity index (χ0) is 20.8. The molecule has 0 radical (unpaired) electrons. The molecular weight excluding hydrogens is 370 g/mol. The van der Waals surface area contributed by atoms with E-state index in [0.29, 0.717) is 0 Å². The van der Waals surface area contributed by atoms with Crippen LogP contribution in [0.15, 0.2) is 66.9 Å². The number of hydrogen-bond acceptors (Lipinski definition) is 3. The smallest absolute Gasteiger partial charge is 0.119 e. The van der Waals surface area contributed by atoms with Crippen LogP contribution in [0.5, 0.6) is 5.75 Å². The Labute approximate surface area is 175 Å². The average Bonchev–Trinajstić information content (AvgIpc) is 3.16. The predicted octanol–water partition coefficient (Wildman–Crippen LogP) is 6.17.